The molecule has 0 aliphatic heterocycles. The van der Waals surface area contributed by atoms with Gasteiger partial charge in [0.2, 0.25) is 5.82 Å². The molecular formula is C19H17ClN2O3. The molecule has 0 amide bonds. The molecule has 0 unspecified atom stereocenters. The lowest BCUT2D eigenvalue weighted by molar-refractivity contribution is 0.373. The zero-order valence-corrected chi connectivity index (χ0v) is 14.6. The van der Waals surface area contributed by atoms with E-state index in [-0.39, 0.29) is 11.6 Å². The van der Waals surface area contributed by atoms with Crippen molar-refractivity contribution in [1.29, 1.82) is 0 Å². The lowest BCUT2D eigenvalue weighted by atomic mass is 10.1. The maximum atomic E-state index is 9.63. The van der Waals surface area contributed by atoms with Crippen LogP contribution < -0.4 is 4.74 Å². The summed E-state index contributed by atoms with van der Waals surface area (Å²) in [4.78, 5) is 4.33. The van der Waals surface area contributed by atoms with E-state index in [4.69, 9.17) is 20.9 Å². The van der Waals surface area contributed by atoms with Gasteiger partial charge in [-0.25, -0.2) is 0 Å². The second-order valence-corrected chi connectivity index (χ2v) is 5.80. The molecule has 3 rings (SSSR count). The van der Waals surface area contributed by atoms with Gasteiger partial charge in [-0.05, 0) is 35.8 Å². The van der Waals surface area contributed by atoms with Gasteiger partial charge >= 0.3 is 0 Å². The highest BCUT2D eigenvalue weighted by atomic mass is 35.5. The molecule has 1 aromatic heterocycles. The van der Waals surface area contributed by atoms with Crippen LogP contribution in [0.1, 0.15) is 23.9 Å². The van der Waals surface area contributed by atoms with Crippen LogP contribution in [0.3, 0.4) is 0 Å². The first-order valence-electron chi connectivity index (χ1n) is 7.78. The van der Waals surface area contributed by atoms with E-state index in [1.54, 1.807) is 18.2 Å². The Labute approximate surface area is 150 Å². The summed E-state index contributed by atoms with van der Waals surface area (Å²) in [6, 6.07) is 12.9. The summed E-state index contributed by atoms with van der Waals surface area (Å²) in [5, 5.41) is 13.9. The Balaban J connectivity index is 1.85. The standard InChI is InChI=1S/C19H17ClN2O3/c1-3-12-4-7-14(8-5-12)18-21-19(25-22-18)15(20)10-13-6-9-16(23)17(11-13)24-2/h4-11,23H,3H2,1-2H3/b15-10-. The molecule has 6 heteroatoms. The number of aromatic hydroxyl groups is 1. The first-order chi connectivity index (χ1) is 12.1. The summed E-state index contributed by atoms with van der Waals surface area (Å²) in [7, 11) is 1.48. The van der Waals surface area contributed by atoms with Crippen molar-refractivity contribution < 1.29 is 14.4 Å². The molecule has 128 valence electrons. The third-order valence-corrected chi connectivity index (χ3v) is 4.02. The Morgan fingerprint density at radius 3 is 2.68 bits per heavy atom. The molecule has 5 nitrogen and oxygen atoms in total. The summed E-state index contributed by atoms with van der Waals surface area (Å²) in [6.07, 6.45) is 2.64. The normalized spacial score (nSPS) is 11.6. The van der Waals surface area contributed by atoms with E-state index >= 15 is 0 Å². The second kappa shape index (κ2) is 7.40. The van der Waals surface area contributed by atoms with Gasteiger partial charge in [-0.1, -0.05) is 54.0 Å². The molecule has 25 heavy (non-hydrogen) atoms. The SMILES string of the molecule is CCc1ccc(-c2noc(/C(Cl)=C/c3ccc(O)c(OC)c3)n2)cc1. The van der Waals surface area contributed by atoms with Crippen molar-refractivity contribution >= 4 is 22.7 Å². The predicted octanol–water partition coefficient (Wildman–Crippen LogP) is 4.75. The van der Waals surface area contributed by atoms with Crippen LogP contribution in [0.4, 0.5) is 0 Å². The first kappa shape index (κ1) is 17.0. The van der Waals surface area contributed by atoms with E-state index in [1.165, 1.54) is 18.7 Å². The van der Waals surface area contributed by atoms with E-state index in [9.17, 15) is 5.11 Å². The van der Waals surface area contributed by atoms with Crippen molar-refractivity contribution in [2.24, 2.45) is 0 Å². The number of rotatable bonds is 5. The van der Waals surface area contributed by atoms with E-state index < -0.39 is 0 Å². The number of nitrogens with zero attached hydrogens (tertiary/aromatic N) is 2. The van der Waals surface area contributed by atoms with Crippen molar-refractivity contribution in [3.63, 3.8) is 0 Å². The average molecular weight is 357 g/mol. The predicted molar refractivity (Wildman–Crippen MR) is 97.5 cm³/mol. The smallest absolute Gasteiger partial charge is 0.269 e. The first-order valence-corrected chi connectivity index (χ1v) is 8.16. The van der Waals surface area contributed by atoms with Gasteiger partial charge < -0.3 is 14.4 Å². The van der Waals surface area contributed by atoms with E-state index in [2.05, 4.69) is 17.1 Å². The number of methoxy groups -OCH3 is 1. The average Bonchev–Trinajstić information content (AvgIpc) is 3.13. The van der Waals surface area contributed by atoms with Crippen LogP contribution in [0.25, 0.3) is 22.5 Å². The molecule has 1 N–H and O–H groups in total. The van der Waals surface area contributed by atoms with Crippen LogP contribution in [-0.4, -0.2) is 22.4 Å². The fourth-order valence-corrected chi connectivity index (χ4v) is 2.52. The Kier molecular flexibility index (Phi) is 5.05. The Hall–Kier alpha value is -2.79. The number of benzene rings is 2. The third kappa shape index (κ3) is 3.83. The van der Waals surface area contributed by atoms with Gasteiger partial charge in [-0.2, -0.15) is 4.98 Å². The van der Waals surface area contributed by atoms with E-state index in [1.807, 2.05) is 24.3 Å². The minimum Gasteiger partial charge on any atom is -0.504 e. The van der Waals surface area contributed by atoms with Gasteiger partial charge in [0.05, 0.1) is 7.11 Å². The summed E-state index contributed by atoms with van der Waals surface area (Å²) < 4.78 is 10.3. The van der Waals surface area contributed by atoms with Gasteiger partial charge in [-0.15, -0.1) is 0 Å². The number of hydrogen-bond acceptors (Lipinski definition) is 5. The molecule has 0 fully saturated rings. The fraction of sp³-hybridized carbons (Fsp3) is 0.158. The van der Waals surface area contributed by atoms with Crippen LogP contribution in [0.15, 0.2) is 47.0 Å². The molecule has 0 saturated carbocycles. The Morgan fingerprint density at radius 2 is 2.00 bits per heavy atom. The third-order valence-electron chi connectivity index (χ3n) is 3.75. The number of aryl methyl sites for hydroxylation is 1. The van der Waals surface area contributed by atoms with Gasteiger partial charge in [0.25, 0.3) is 5.89 Å². The highest BCUT2D eigenvalue weighted by Gasteiger charge is 2.12. The Bertz CT molecular complexity index is 901. The molecule has 3 aromatic rings. The van der Waals surface area contributed by atoms with Crippen LogP contribution in [0, 0.1) is 0 Å². The van der Waals surface area contributed by atoms with Crippen molar-refractivity contribution in [3.8, 4) is 22.9 Å². The minimum absolute atomic E-state index is 0.0615. The molecule has 0 saturated heterocycles. The van der Waals surface area contributed by atoms with Gasteiger partial charge in [0.15, 0.2) is 11.5 Å². The molecule has 1 heterocycles. The molecule has 0 atom stereocenters. The summed E-state index contributed by atoms with van der Waals surface area (Å²) in [5.41, 5.74) is 2.85. The second-order valence-electron chi connectivity index (χ2n) is 5.40. The van der Waals surface area contributed by atoms with Crippen molar-refractivity contribution in [1.82, 2.24) is 10.1 Å². The van der Waals surface area contributed by atoms with Crippen molar-refractivity contribution in [2.75, 3.05) is 7.11 Å². The van der Waals surface area contributed by atoms with Crippen LogP contribution in [0.2, 0.25) is 0 Å². The highest BCUT2D eigenvalue weighted by Crippen LogP contribution is 2.29. The lowest BCUT2D eigenvalue weighted by Crippen LogP contribution is -1.85. The number of hydrogen-bond donors (Lipinski definition) is 1. The zero-order chi connectivity index (χ0) is 17.8. The molecule has 0 radical (unpaired) electrons. The maximum absolute atomic E-state index is 9.63. The maximum Gasteiger partial charge on any atom is 0.269 e. The van der Waals surface area contributed by atoms with Gasteiger partial charge in [0, 0.05) is 5.56 Å². The van der Waals surface area contributed by atoms with Crippen molar-refractivity contribution in [3.05, 3.63) is 59.5 Å². The number of aromatic nitrogens is 2. The number of ether oxygens (including phenoxy) is 1. The zero-order valence-electron chi connectivity index (χ0n) is 13.9. The number of halogens is 1. The summed E-state index contributed by atoms with van der Waals surface area (Å²) >= 11 is 6.29. The monoisotopic (exact) mass is 356 g/mol. The van der Waals surface area contributed by atoms with E-state index in [0.717, 1.165) is 17.5 Å². The summed E-state index contributed by atoms with van der Waals surface area (Å²) in [6.45, 7) is 2.10. The minimum atomic E-state index is 0.0615. The molecular weight excluding hydrogens is 340 g/mol. The van der Waals surface area contributed by atoms with Gasteiger partial charge in [-0.3, -0.25) is 0 Å². The molecule has 0 bridgehead atoms. The van der Waals surface area contributed by atoms with E-state index in [0.29, 0.717) is 16.6 Å². The molecule has 0 aliphatic rings. The topological polar surface area (TPSA) is 68.4 Å². The van der Waals surface area contributed by atoms with Crippen LogP contribution in [0.5, 0.6) is 11.5 Å². The van der Waals surface area contributed by atoms with Gasteiger partial charge in [0.1, 0.15) is 5.03 Å². The molecule has 0 spiro atoms. The lowest BCUT2D eigenvalue weighted by Gasteiger charge is -2.03. The fourth-order valence-electron chi connectivity index (χ4n) is 2.32. The van der Waals surface area contributed by atoms with Crippen LogP contribution >= 0.6 is 11.6 Å². The number of phenolic OH excluding ortho intramolecular Hbond substituents is 1. The molecule has 0 aliphatic carbocycles. The number of phenols is 1. The highest BCUT2D eigenvalue weighted by molar-refractivity contribution is 6.50. The Morgan fingerprint density at radius 1 is 1.24 bits per heavy atom. The molecule has 2 aromatic carbocycles. The quantitative estimate of drug-likeness (QED) is 0.714. The van der Waals surface area contributed by atoms with Crippen molar-refractivity contribution in [2.45, 2.75) is 13.3 Å². The largest absolute Gasteiger partial charge is 0.504 e. The van der Waals surface area contributed by atoms with Crippen LogP contribution in [-0.2, 0) is 6.42 Å². The summed E-state index contributed by atoms with van der Waals surface area (Å²) in [5.74, 6) is 1.13.